The molecule has 16 heavy (non-hydrogen) atoms. The van der Waals surface area contributed by atoms with Crippen molar-refractivity contribution in [1.82, 2.24) is 0 Å². The van der Waals surface area contributed by atoms with E-state index in [2.05, 4.69) is 19.1 Å². The molecule has 0 bridgehead atoms. The van der Waals surface area contributed by atoms with Gasteiger partial charge in [-0.25, -0.2) is 0 Å². The van der Waals surface area contributed by atoms with E-state index in [0.717, 1.165) is 25.6 Å². The van der Waals surface area contributed by atoms with Crippen LogP contribution in [0.1, 0.15) is 25.3 Å². The molecule has 1 fully saturated rings. The van der Waals surface area contributed by atoms with E-state index in [1.54, 1.807) is 0 Å². The molecule has 1 heterocycles. The summed E-state index contributed by atoms with van der Waals surface area (Å²) in [5.74, 6) is 0.721. The average Bonchev–Trinajstić information content (AvgIpc) is 2.72. The Morgan fingerprint density at radius 1 is 1.31 bits per heavy atom. The molecule has 0 aliphatic carbocycles. The lowest BCUT2D eigenvalue weighted by molar-refractivity contribution is 0.0527. The van der Waals surface area contributed by atoms with Gasteiger partial charge in [0.1, 0.15) is 0 Å². The highest BCUT2D eigenvalue weighted by atomic mass is 16.5. The van der Waals surface area contributed by atoms with E-state index in [1.165, 1.54) is 12.0 Å². The number of rotatable bonds is 5. The van der Waals surface area contributed by atoms with E-state index < -0.39 is 0 Å². The van der Waals surface area contributed by atoms with E-state index in [9.17, 15) is 0 Å². The molecule has 88 valence electrons. The van der Waals surface area contributed by atoms with Gasteiger partial charge in [0.25, 0.3) is 0 Å². The Hall–Kier alpha value is -0.860. The Kier molecular flexibility index (Phi) is 4.37. The van der Waals surface area contributed by atoms with Crippen LogP contribution in [0.3, 0.4) is 0 Å². The van der Waals surface area contributed by atoms with Gasteiger partial charge < -0.3 is 9.47 Å². The Labute approximate surface area is 97.6 Å². The fourth-order valence-electron chi connectivity index (χ4n) is 2.07. The quantitative estimate of drug-likeness (QED) is 0.710. The second-order valence-electron chi connectivity index (χ2n) is 4.62. The summed E-state index contributed by atoms with van der Waals surface area (Å²) in [6.07, 6.45) is 2.64. The zero-order valence-corrected chi connectivity index (χ0v) is 9.89. The van der Waals surface area contributed by atoms with E-state index in [1.807, 2.05) is 18.2 Å². The largest absolute Gasteiger partial charge is 0.378 e. The van der Waals surface area contributed by atoms with Gasteiger partial charge in [0.2, 0.25) is 0 Å². The molecule has 2 rings (SSSR count). The first-order valence-corrected chi connectivity index (χ1v) is 6.08. The average molecular weight is 220 g/mol. The van der Waals surface area contributed by atoms with Crippen LogP contribution in [0.4, 0.5) is 0 Å². The third kappa shape index (κ3) is 3.62. The van der Waals surface area contributed by atoms with E-state index in [0.29, 0.717) is 12.7 Å². The molecule has 1 aliphatic heterocycles. The molecule has 1 aliphatic rings. The predicted molar refractivity (Wildman–Crippen MR) is 64.2 cm³/mol. The molecule has 0 unspecified atom stereocenters. The molecular formula is C14H20O2. The fourth-order valence-corrected chi connectivity index (χ4v) is 2.07. The van der Waals surface area contributed by atoms with Crippen LogP contribution in [0.5, 0.6) is 0 Å². The van der Waals surface area contributed by atoms with Crippen LogP contribution >= 0.6 is 0 Å². The first-order valence-electron chi connectivity index (χ1n) is 6.08. The minimum Gasteiger partial charge on any atom is -0.378 e. The molecule has 0 spiro atoms. The third-order valence-corrected chi connectivity index (χ3v) is 2.98. The number of benzene rings is 1. The van der Waals surface area contributed by atoms with Crippen molar-refractivity contribution in [1.29, 1.82) is 0 Å². The summed E-state index contributed by atoms with van der Waals surface area (Å²) >= 11 is 0. The van der Waals surface area contributed by atoms with Crippen molar-refractivity contribution in [2.45, 2.75) is 32.5 Å². The van der Waals surface area contributed by atoms with Crippen LogP contribution in [0.2, 0.25) is 0 Å². The summed E-state index contributed by atoms with van der Waals surface area (Å²) < 4.78 is 11.3. The van der Waals surface area contributed by atoms with Gasteiger partial charge in [-0.2, -0.15) is 0 Å². The molecule has 0 radical (unpaired) electrons. The molecule has 2 nitrogen and oxygen atoms in total. The van der Waals surface area contributed by atoms with Crippen molar-refractivity contribution < 1.29 is 9.47 Å². The van der Waals surface area contributed by atoms with Crippen molar-refractivity contribution in [3.8, 4) is 0 Å². The molecular weight excluding hydrogens is 200 g/mol. The highest BCUT2D eigenvalue weighted by Crippen LogP contribution is 2.21. The topological polar surface area (TPSA) is 18.5 Å². The standard InChI is InChI=1S/C14H20O2/c1-12-9-14(16-10-12)7-8-15-11-13-5-3-2-4-6-13/h2-6,12,14H,7-11H2,1H3/t12-,14+/m0/s1. The maximum absolute atomic E-state index is 5.64. The first-order chi connectivity index (χ1) is 7.84. The zero-order chi connectivity index (χ0) is 11.2. The van der Waals surface area contributed by atoms with Crippen molar-refractivity contribution >= 4 is 0 Å². The Balaban J connectivity index is 1.59. The monoisotopic (exact) mass is 220 g/mol. The molecule has 2 heteroatoms. The minimum atomic E-state index is 0.422. The van der Waals surface area contributed by atoms with Gasteiger partial charge in [-0.15, -0.1) is 0 Å². The molecule has 1 saturated heterocycles. The van der Waals surface area contributed by atoms with Crippen molar-refractivity contribution in [3.05, 3.63) is 35.9 Å². The lowest BCUT2D eigenvalue weighted by Gasteiger charge is -2.09. The molecule has 0 N–H and O–H groups in total. The molecule has 1 aromatic carbocycles. The second kappa shape index (κ2) is 6.02. The van der Waals surface area contributed by atoms with Gasteiger partial charge in [-0.1, -0.05) is 37.3 Å². The van der Waals surface area contributed by atoms with E-state index >= 15 is 0 Å². The Morgan fingerprint density at radius 2 is 2.12 bits per heavy atom. The SMILES string of the molecule is C[C@@H]1CO[C@H](CCOCc2ccccc2)C1. The molecule has 1 aromatic rings. The lowest BCUT2D eigenvalue weighted by Crippen LogP contribution is -2.09. The van der Waals surface area contributed by atoms with Crippen LogP contribution in [0, 0.1) is 5.92 Å². The molecule has 0 saturated carbocycles. The summed E-state index contributed by atoms with van der Waals surface area (Å²) in [5, 5.41) is 0. The molecule has 0 amide bonds. The number of hydrogen-bond acceptors (Lipinski definition) is 2. The second-order valence-corrected chi connectivity index (χ2v) is 4.62. The highest BCUT2D eigenvalue weighted by Gasteiger charge is 2.21. The van der Waals surface area contributed by atoms with Crippen LogP contribution in [0.25, 0.3) is 0 Å². The maximum Gasteiger partial charge on any atom is 0.0716 e. The van der Waals surface area contributed by atoms with Gasteiger partial charge in [0.15, 0.2) is 0 Å². The summed E-state index contributed by atoms with van der Waals surface area (Å²) in [6, 6.07) is 10.3. The normalized spacial score (nSPS) is 24.8. The summed E-state index contributed by atoms with van der Waals surface area (Å²) in [7, 11) is 0. The first kappa shape index (κ1) is 11.6. The minimum absolute atomic E-state index is 0.422. The number of hydrogen-bond donors (Lipinski definition) is 0. The van der Waals surface area contributed by atoms with Crippen LogP contribution in [-0.4, -0.2) is 19.3 Å². The van der Waals surface area contributed by atoms with E-state index in [-0.39, 0.29) is 0 Å². The number of ether oxygens (including phenoxy) is 2. The van der Waals surface area contributed by atoms with Crippen LogP contribution in [-0.2, 0) is 16.1 Å². The summed E-state index contributed by atoms with van der Waals surface area (Å²) in [5.41, 5.74) is 1.24. The van der Waals surface area contributed by atoms with Crippen molar-refractivity contribution in [2.24, 2.45) is 5.92 Å². The van der Waals surface area contributed by atoms with Gasteiger partial charge in [-0.3, -0.25) is 0 Å². The van der Waals surface area contributed by atoms with Gasteiger partial charge in [0, 0.05) is 13.2 Å². The molecule has 2 atom stereocenters. The smallest absolute Gasteiger partial charge is 0.0716 e. The lowest BCUT2D eigenvalue weighted by atomic mass is 10.1. The predicted octanol–water partition coefficient (Wildman–Crippen LogP) is 3.02. The summed E-state index contributed by atoms with van der Waals surface area (Å²) in [6.45, 7) is 4.67. The fraction of sp³-hybridized carbons (Fsp3) is 0.571. The maximum atomic E-state index is 5.64. The van der Waals surface area contributed by atoms with Crippen LogP contribution in [0.15, 0.2) is 30.3 Å². The van der Waals surface area contributed by atoms with Gasteiger partial charge in [-0.05, 0) is 24.3 Å². The van der Waals surface area contributed by atoms with Gasteiger partial charge in [0.05, 0.1) is 12.7 Å². The third-order valence-electron chi connectivity index (χ3n) is 2.98. The van der Waals surface area contributed by atoms with Crippen molar-refractivity contribution in [2.75, 3.05) is 13.2 Å². The van der Waals surface area contributed by atoms with Crippen LogP contribution < -0.4 is 0 Å². The summed E-state index contributed by atoms with van der Waals surface area (Å²) in [4.78, 5) is 0. The Morgan fingerprint density at radius 3 is 2.81 bits per heavy atom. The zero-order valence-electron chi connectivity index (χ0n) is 9.89. The Bertz CT molecular complexity index is 297. The highest BCUT2D eigenvalue weighted by molar-refractivity contribution is 5.13. The van der Waals surface area contributed by atoms with Crippen molar-refractivity contribution in [3.63, 3.8) is 0 Å². The molecule has 0 aromatic heterocycles. The van der Waals surface area contributed by atoms with E-state index in [4.69, 9.17) is 9.47 Å². The van der Waals surface area contributed by atoms with Gasteiger partial charge >= 0.3 is 0 Å².